The molecule has 2 nitrogen and oxygen atoms in total. The van der Waals surface area contributed by atoms with Gasteiger partial charge in [0.05, 0.1) is 0 Å². The Labute approximate surface area is 74.9 Å². The molecule has 0 amide bonds. The molecule has 2 heteroatoms. The lowest BCUT2D eigenvalue weighted by Gasteiger charge is -2.52. The summed E-state index contributed by atoms with van der Waals surface area (Å²) in [6.45, 7) is 3.41. The van der Waals surface area contributed by atoms with Gasteiger partial charge >= 0.3 is 0 Å². The highest BCUT2D eigenvalue weighted by molar-refractivity contribution is 4.97. The zero-order chi connectivity index (χ0) is 8.60. The minimum atomic E-state index is 0.510. The van der Waals surface area contributed by atoms with Gasteiger partial charge in [-0.1, -0.05) is 19.8 Å². The zero-order valence-corrected chi connectivity index (χ0v) is 7.97. The number of rotatable bonds is 2. The molecule has 2 saturated carbocycles. The average molecular weight is 168 g/mol. The Morgan fingerprint density at radius 2 is 2.25 bits per heavy atom. The molecule has 0 heterocycles. The fourth-order valence-corrected chi connectivity index (χ4v) is 3.24. The molecule has 70 valence electrons. The van der Waals surface area contributed by atoms with Gasteiger partial charge in [0.2, 0.25) is 0 Å². The molecule has 0 aromatic carbocycles. The Bertz CT molecular complexity index is 165. The molecule has 12 heavy (non-hydrogen) atoms. The van der Waals surface area contributed by atoms with E-state index in [4.69, 9.17) is 5.84 Å². The van der Waals surface area contributed by atoms with Gasteiger partial charge in [0, 0.05) is 6.54 Å². The van der Waals surface area contributed by atoms with Gasteiger partial charge in [0.25, 0.3) is 0 Å². The summed E-state index contributed by atoms with van der Waals surface area (Å²) in [6, 6.07) is 0. The fraction of sp³-hybridized carbons (Fsp3) is 1.00. The minimum absolute atomic E-state index is 0.510. The van der Waals surface area contributed by atoms with E-state index in [-0.39, 0.29) is 0 Å². The highest BCUT2D eigenvalue weighted by atomic mass is 15.2. The second kappa shape index (κ2) is 3.00. The molecule has 2 rings (SSSR count). The van der Waals surface area contributed by atoms with Crippen LogP contribution >= 0.6 is 0 Å². The van der Waals surface area contributed by atoms with Crippen LogP contribution in [-0.2, 0) is 0 Å². The molecule has 3 N–H and O–H groups in total. The first kappa shape index (κ1) is 8.52. The Kier molecular flexibility index (Phi) is 2.13. The minimum Gasteiger partial charge on any atom is -0.271 e. The smallest absolute Gasteiger partial charge is 0.0154 e. The highest BCUT2D eigenvalue weighted by Gasteiger charge is 2.46. The first-order valence-corrected chi connectivity index (χ1v) is 5.20. The highest BCUT2D eigenvalue weighted by Crippen LogP contribution is 2.54. The number of hydrazine groups is 1. The van der Waals surface area contributed by atoms with Gasteiger partial charge in [0.1, 0.15) is 0 Å². The third-order valence-corrected chi connectivity index (χ3v) is 4.14. The monoisotopic (exact) mass is 168 g/mol. The lowest BCUT2D eigenvalue weighted by molar-refractivity contribution is -0.0170. The number of hydrogen-bond donors (Lipinski definition) is 2. The van der Waals surface area contributed by atoms with Crippen molar-refractivity contribution in [3.63, 3.8) is 0 Å². The molecule has 0 radical (unpaired) electrons. The van der Waals surface area contributed by atoms with Crippen molar-refractivity contribution in [1.29, 1.82) is 0 Å². The van der Waals surface area contributed by atoms with Crippen LogP contribution in [-0.4, -0.2) is 6.54 Å². The van der Waals surface area contributed by atoms with Gasteiger partial charge in [0.15, 0.2) is 0 Å². The van der Waals surface area contributed by atoms with E-state index in [0.29, 0.717) is 5.41 Å². The molecule has 3 unspecified atom stereocenters. The molecule has 0 aromatic heterocycles. The van der Waals surface area contributed by atoms with Crippen molar-refractivity contribution in [2.75, 3.05) is 6.54 Å². The van der Waals surface area contributed by atoms with Crippen LogP contribution in [0, 0.1) is 17.3 Å². The van der Waals surface area contributed by atoms with E-state index >= 15 is 0 Å². The van der Waals surface area contributed by atoms with Crippen LogP contribution < -0.4 is 11.3 Å². The van der Waals surface area contributed by atoms with Crippen LogP contribution in [0.5, 0.6) is 0 Å². The Morgan fingerprint density at radius 1 is 1.42 bits per heavy atom. The molecule has 3 atom stereocenters. The van der Waals surface area contributed by atoms with Crippen LogP contribution in [0.25, 0.3) is 0 Å². The molecule has 0 saturated heterocycles. The maximum atomic E-state index is 5.43. The fourth-order valence-electron chi connectivity index (χ4n) is 3.24. The van der Waals surface area contributed by atoms with Crippen molar-refractivity contribution in [3.8, 4) is 0 Å². The normalized spacial score (nSPS) is 46.5. The lowest BCUT2D eigenvalue weighted by Crippen LogP contribution is -2.49. The molecule has 2 aliphatic rings. The second-order valence-electron chi connectivity index (χ2n) is 4.87. The first-order valence-electron chi connectivity index (χ1n) is 5.20. The van der Waals surface area contributed by atoms with E-state index in [1.165, 1.54) is 32.1 Å². The lowest BCUT2D eigenvalue weighted by atomic mass is 9.54. The summed E-state index contributed by atoms with van der Waals surface area (Å²) in [4.78, 5) is 0. The summed E-state index contributed by atoms with van der Waals surface area (Å²) in [5.41, 5.74) is 3.37. The van der Waals surface area contributed by atoms with E-state index in [1.807, 2.05) is 0 Å². The van der Waals surface area contributed by atoms with Crippen LogP contribution in [0.1, 0.15) is 39.0 Å². The molecule has 0 aliphatic heterocycles. The third-order valence-electron chi connectivity index (χ3n) is 4.14. The molecule has 0 spiro atoms. The summed E-state index contributed by atoms with van der Waals surface area (Å²) in [5, 5.41) is 0. The summed E-state index contributed by atoms with van der Waals surface area (Å²) >= 11 is 0. The Morgan fingerprint density at radius 3 is 2.83 bits per heavy atom. The van der Waals surface area contributed by atoms with Gasteiger partial charge in [-0.3, -0.25) is 11.3 Å². The summed E-state index contributed by atoms with van der Waals surface area (Å²) in [7, 11) is 0. The number of nitrogens with two attached hydrogens (primary N) is 1. The van der Waals surface area contributed by atoms with Crippen molar-refractivity contribution in [2.45, 2.75) is 39.0 Å². The van der Waals surface area contributed by atoms with Crippen LogP contribution in [0.3, 0.4) is 0 Å². The number of nitrogens with one attached hydrogen (secondary N) is 1. The number of hydrogen-bond acceptors (Lipinski definition) is 2. The SMILES string of the molecule is CC1(CNN)CCCC2CCC21. The van der Waals surface area contributed by atoms with Gasteiger partial charge in [-0.25, -0.2) is 0 Å². The molecule has 2 aliphatic carbocycles. The molecular weight excluding hydrogens is 148 g/mol. The average Bonchev–Trinajstić information content (AvgIpc) is 1.94. The van der Waals surface area contributed by atoms with Crippen molar-refractivity contribution in [2.24, 2.45) is 23.1 Å². The maximum absolute atomic E-state index is 5.43. The van der Waals surface area contributed by atoms with Crippen molar-refractivity contribution in [3.05, 3.63) is 0 Å². The van der Waals surface area contributed by atoms with Crippen LogP contribution in [0.4, 0.5) is 0 Å². The zero-order valence-electron chi connectivity index (χ0n) is 7.97. The quantitative estimate of drug-likeness (QED) is 0.486. The van der Waals surface area contributed by atoms with Crippen molar-refractivity contribution >= 4 is 0 Å². The molecule has 0 aromatic rings. The molecular formula is C10H20N2. The number of fused-ring (bicyclic) bond motifs is 1. The van der Waals surface area contributed by atoms with E-state index in [9.17, 15) is 0 Å². The van der Waals surface area contributed by atoms with Crippen molar-refractivity contribution in [1.82, 2.24) is 5.43 Å². The van der Waals surface area contributed by atoms with Crippen LogP contribution in [0.15, 0.2) is 0 Å². The van der Waals surface area contributed by atoms with E-state index in [2.05, 4.69) is 12.3 Å². The van der Waals surface area contributed by atoms with Gasteiger partial charge < -0.3 is 0 Å². The first-order chi connectivity index (χ1) is 5.76. The summed E-state index contributed by atoms with van der Waals surface area (Å²) in [5.74, 6) is 7.44. The topological polar surface area (TPSA) is 38.0 Å². The summed E-state index contributed by atoms with van der Waals surface area (Å²) in [6.07, 6.45) is 7.19. The van der Waals surface area contributed by atoms with Gasteiger partial charge in [-0.15, -0.1) is 0 Å². The third kappa shape index (κ3) is 1.17. The van der Waals surface area contributed by atoms with E-state index in [0.717, 1.165) is 18.4 Å². The van der Waals surface area contributed by atoms with Crippen molar-refractivity contribution < 1.29 is 0 Å². The predicted octanol–water partition coefficient (Wildman–Crippen LogP) is 1.67. The molecule has 0 bridgehead atoms. The van der Waals surface area contributed by atoms with Gasteiger partial charge in [-0.2, -0.15) is 0 Å². The largest absolute Gasteiger partial charge is 0.271 e. The standard InChI is InChI=1S/C10H20N2/c1-10(7-12-11)6-2-3-8-4-5-9(8)10/h8-9,12H,2-7,11H2,1H3. The summed E-state index contributed by atoms with van der Waals surface area (Å²) < 4.78 is 0. The van der Waals surface area contributed by atoms with E-state index < -0.39 is 0 Å². The van der Waals surface area contributed by atoms with E-state index in [1.54, 1.807) is 0 Å². The Balaban J connectivity index is 2.02. The molecule has 2 fully saturated rings. The van der Waals surface area contributed by atoms with Crippen LogP contribution in [0.2, 0.25) is 0 Å². The predicted molar refractivity (Wildman–Crippen MR) is 50.4 cm³/mol. The maximum Gasteiger partial charge on any atom is 0.0154 e. The Hall–Kier alpha value is -0.0800. The second-order valence-corrected chi connectivity index (χ2v) is 4.87. The van der Waals surface area contributed by atoms with Gasteiger partial charge in [-0.05, 0) is 36.5 Å².